The van der Waals surface area contributed by atoms with Gasteiger partial charge in [-0.15, -0.1) is 0 Å². The Morgan fingerprint density at radius 2 is 1.23 bits per heavy atom. The van der Waals surface area contributed by atoms with Crippen molar-refractivity contribution in [3.63, 3.8) is 0 Å². The zero-order valence-electron chi connectivity index (χ0n) is 13.8. The zero-order valence-corrected chi connectivity index (χ0v) is 15.6. The van der Waals surface area contributed by atoms with Gasteiger partial charge in [-0.3, -0.25) is 9.13 Å². The Morgan fingerprint density at radius 3 is 1.55 bits per heavy atom. The molecule has 1 aromatic carbocycles. The molecule has 5 heteroatoms. The Bertz CT molecular complexity index is 644. The molecule has 3 nitrogen and oxygen atoms in total. The van der Waals surface area contributed by atoms with Crippen LogP contribution < -0.4 is 5.69 Å². The van der Waals surface area contributed by atoms with Crippen molar-refractivity contribution in [1.29, 1.82) is 0 Å². The summed E-state index contributed by atoms with van der Waals surface area (Å²) >= 11 is 9.13. The largest absolute Gasteiger partial charge is 0.329 e. The summed E-state index contributed by atoms with van der Waals surface area (Å²) in [7, 11) is 0. The molecule has 22 heavy (non-hydrogen) atoms. The van der Waals surface area contributed by atoms with Gasteiger partial charge in [-0.05, 0) is 25.0 Å². The lowest BCUT2D eigenvalue weighted by Crippen LogP contribution is -2.28. The Hall–Kier alpha value is -0.810. The molecule has 0 aliphatic carbocycles. The molecule has 0 aliphatic rings. The minimum absolute atomic E-state index is 0.0661. The van der Waals surface area contributed by atoms with Crippen LogP contribution in [0.2, 0.25) is 0 Å². The minimum atomic E-state index is -0.0876. The first kappa shape index (κ1) is 17.5. The summed E-state index contributed by atoms with van der Waals surface area (Å²) in [6.07, 6.45) is 1.70. The van der Waals surface area contributed by atoms with Crippen LogP contribution in [0, 0.1) is 0 Å². The van der Waals surface area contributed by atoms with Gasteiger partial charge in [0.2, 0.25) is 0 Å². The summed E-state index contributed by atoms with van der Waals surface area (Å²) in [6, 6.07) is 8.00. The molecule has 2 aromatic rings. The summed E-state index contributed by atoms with van der Waals surface area (Å²) in [6.45, 7) is 9.67. The number of aryl methyl sites for hydroxylation is 2. The molecule has 0 bridgehead atoms. The molecule has 0 spiro atoms. The molecule has 0 fully saturated rings. The second kappa shape index (κ2) is 6.36. The van der Waals surface area contributed by atoms with Crippen molar-refractivity contribution in [2.45, 2.75) is 63.1 Å². The van der Waals surface area contributed by atoms with E-state index >= 15 is 0 Å². The van der Waals surface area contributed by atoms with Gasteiger partial charge in [0, 0.05) is 22.6 Å². The van der Waals surface area contributed by atoms with Crippen LogP contribution in [0.1, 0.15) is 40.5 Å². The highest BCUT2D eigenvalue weighted by Gasteiger charge is 2.18. The van der Waals surface area contributed by atoms with Crippen LogP contribution in [-0.4, -0.2) is 18.6 Å². The van der Waals surface area contributed by atoms with Crippen LogP contribution in [0.3, 0.4) is 0 Å². The maximum atomic E-state index is 12.8. The van der Waals surface area contributed by atoms with Crippen molar-refractivity contribution in [3.05, 3.63) is 34.7 Å². The van der Waals surface area contributed by atoms with Crippen LogP contribution in [0.15, 0.2) is 29.1 Å². The molecule has 2 rings (SSSR count). The molecule has 0 saturated heterocycles. The first-order valence-electron chi connectivity index (χ1n) is 7.71. The van der Waals surface area contributed by atoms with Crippen LogP contribution in [0.25, 0.3) is 11.0 Å². The van der Waals surface area contributed by atoms with Crippen LogP contribution >= 0.6 is 25.3 Å². The topological polar surface area (TPSA) is 26.9 Å². The number of para-hydroxylation sites is 2. The van der Waals surface area contributed by atoms with Gasteiger partial charge in [0.1, 0.15) is 0 Å². The van der Waals surface area contributed by atoms with Crippen molar-refractivity contribution in [2.24, 2.45) is 0 Å². The Balaban J connectivity index is 2.40. The quantitative estimate of drug-likeness (QED) is 0.765. The lowest BCUT2D eigenvalue weighted by molar-refractivity contribution is 0.518. The lowest BCUT2D eigenvalue weighted by Gasteiger charge is -2.17. The Labute approximate surface area is 143 Å². The summed E-state index contributed by atoms with van der Waals surface area (Å²) in [5.41, 5.74) is 2.07. The molecule has 0 amide bonds. The fourth-order valence-electron chi connectivity index (χ4n) is 2.48. The fraction of sp³-hybridized carbons (Fsp3) is 0.588. The number of hydrogen-bond acceptors (Lipinski definition) is 3. The molecule has 122 valence electrons. The summed E-state index contributed by atoms with van der Waals surface area (Å²) in [5, 5.41) is 0. The summed E-state index contributed by atoms with van der Waals surface area (Å²) in [4.78, 5) is 12.8. The van der Waals surface area contributed by atoms with Crippen molar-refractivity contribution >= 4 is 36.3 Å². The number of imidazole rings is 1. The predicted octanol–water partition coefficient (Wildman–Crippen LogP) is 4.00. The third-order valence-corrected chi connectivity index (χ3v) is 4.27. The van der Waals surface area contributed by atoms with Crippen molar-refractivity contribution < 1.29 is 0 Å². The highest BCUT2D eigenvalue weighted by atomic mass is 32.1. The second-order valence-corrected chi connectivity index (χ2v) is 9.62. The number of benzene rings is 1. The van der Waals surface area contributed by atoms with Crippen molar-refractivity contribution in [2.75, 3.05) is 0 Å². The molecule has 0 saturated carbocycles. The van der Waals surface area contributed by atoms with Crippen LogP contribution in [0.5, 0.6) is 0 Å². The summed E-state index contributed by atoms with van der Waals surface area (Å²) in [5.74, 6) is 0. The van der Waals surface area contributed by atoms with E-state index in [2.05, 4.69) is 53.0 Å². The highest BCUT2D eigenvalue weighted by molar-refractivity contribution is 7.81. The monoisotopic (exact) mass is 338 g/mol. The normalized spacial score (nSPS) is 13.0. The molecular formula is C17H26N2OS2. The van der Waals surface area contributed by atoms with Crippen molar-refractivity contribution in [3.8, 4) is 0 Å². The van der Waals surface area contributed by atoms with Crippen LogP contribution in [-0.2, 0) is 13.1 Å². The number of rotatable bonds is 6. The maximum Gasteiger partial charge on any atom is 0.329 e. The number of nitrogens with zero attached hydrogens (tertiary/aromatic N) is 2. The van der Waals surface area contributed by atoms with Gasteiger partial charge in [0.15, 0.2) is 0 Å². The number of hydrogen-bond donors (Lipinski definition) is 2. The molecule has 0 aliphatic heterocycles. The highest BCUT2D eigenvalue weighted by Crippen LogP contribution is 2.22. The molecular weight excluding hydrogens is 312 g/mol. The minimum Gasteiger partial charge on any atom is -0.292 e. The molecule has 1 aromatic heterocycles. The van der Waals surface area contributed by atoms with Gasteiger partial charge >= 0.3 is 5.69 Å². The third-order valence-electron chi connectivity index (χ3n) is 3.82. The summed E-state index contributed by atoms with van der Waals surface area (Å²) < 4.78 is 3.57. The standard InChI is InChI=1S/C17H26N2OS2/c1-16(2,21)9-11-18-13-7-5-6-8-14(13)19(15(18)20)12-10-17(3,4)22/h5-8,21-22H,9-12H2,1-4H3. The molecule has 0 radical (unpaired) electrons. The first-order chi connectivity index (χ1) is 10.1. The number of fused-ring (bicyclic) bond motifs is 1. The van der Waals surface area contributed by atoms with Gasteiger partial charge in [0.25, 0.3) is 0 Å². The average molecular weight is 339 g/mol. The maximum absolute atomic E-state index is 12.8. The van der Waals surface area contributed by atoms with Gasteiger partial charge in [-0.25, -0.2) is 4.79 Å². The van der Waals surface area contributed by atoms with Crippen molar-refractivity contribution in [1.82, 2.24) is 9.13 Å². The number of aromatic nitrogens is 2. The van der Waals surface area contributed by atoms with E-state index in [-0.39, 0.29) is 15.2 Å². The van der Waals surface area contributed by atoms with Gasteiger partial charge in [-0.2, -0.15) is 25.3 Å². The van der Waals surface area contributed by atoms with E-state index in [4.69, 9.17) is 0 Å². The van der Waals surface area contributed by atoms with Gasteiger partial charge in [-0.1, -0.05) is 39.8 Å². The lowest BCUT2D eigenvalue weighted by atomic mass is 10.1. The molecule has 0 atom stereocenters. The molecule has 0 N–H and O–H groups in total. The second-order valence-electron chi connectivity index (χ2n) is 7.20. The number of thiol groups is 2. The van der Waals surface area contributed by atoms with E-state index in [0.29, 0.717) is 13.1 Å². The zero-order chi connectivity index (χ0) is 16.5. The smallest absolute Gasteiger partial charge is 0.292 e. The van der Waals surface area contributed by atoms with E-state index in [0.717, 1.165) is 23.9 Å². The molecule has 1 heterocycles. The SMILES string of the molecule is CC(C)(S)CCn1c(=O)n(CCC(C)(C)S)c2ccccc21. The van der Waals surface area contributed by atoms with E-state index in [1.165, 1.54) is 0 Å². The van der Waals surface area contributed by atoms with Crippen LogP contribution in [0.4, 0.5) is 0 Å². The average Bonchev–Trinajstić information content (AvgIpc) is 2.64. The molecule has 0 unspecified atom stereocenters. The van der Waals surface area contributed by atoms with E-state index in [1.54, 1.807) is 0 Å². The predicted molar refractivity (Wildman–Crippen MR) is 102 cm³/mol. The van der Waals surface area contributed by atoms with Gasteiger partial charge in [0.05, 0.1) is 11.0 Å². The third kappa shape index (κ3) is 4.35. The first-order valence-corrected chi connectivity index (χ1v) is 8.61. The van der Waals surface area contributed by atoms with Gasteiger partial charge < -0.3 is 0 Å². The van der Waals surface area contributed by atoms with E-state index in [1.807, 2.05) is 33.4 Å². The Kier molecular flexibility index (Phi) is 5.07. The van der Waals surface area contributed by atoms with E-state index < -0.39 is 0 Å². The fourth-order valence-corrected chi connectivity index (χ4v) is 2.68. The van der Waals surface area contributed by atoms with E-state index in [9.17, 15) is 4.79 Å². The Morgan fingerprint density at radius 1 is 0.864 bits per heavy atom.